The number of rotatable bonds is 3. The molecule has 0 aliphatic carbocycles. The van der Waals surface area contributed by atoms with Crippen LogP contribution >= 0.6 is 0 Å². The minimum absolute atomic E-state index is 0.201. The normalized spacial score (nSPS) is 10.4. The van der Waals surface area contributed by atoms with Gasteiger partial charge in [0.2, 0.25) is 0 Å². The minimum atomic E-state index is -1.21. The number of hydrogen-bond donors (Lipinski definition) is 1. The van der Waals surface area contributed by atoms with Gasteiger partial charge in [0.15, 0.2) is 11.6 Å². The summed E-state index contributed by atoms with van der Waals surface area (Å²) in [7, 11) is 0. The average molecular weight is 252 g/mol. The Bertz CT molecular complexity index is 553. The SMILES string of the molecule is Cc1ccc(CNc2cc(F)cc(F)c2F)cn1. The predicted octanol–water partition coefficient (Wildman–Crippen LogP) is 3.42. The third-order valence-corrected chi connectivity index (χ3v) is 2.45. The van der Waals surface area contributed by atoms with Crippen LogP contribution in [0, 0.1) is 24.4 Å². The van der Waals surface area contributed by atoms with Crippen molar-refractivity contribution in [2.75, 3.05) is 5.32 Å². The number of hydrogen-bond acceptors (Lipinski definition) is 2. The fraction of sp³-hybridized carbons (Fsp3) is 0.154. The largest absolute Gasteiger partial charge is 0.378 e. The Balaban J connectivity index is 2.13. The Morgan fingerprint density at radius 3 is 2.61 bits per heavy atom. The van der Waals surface area contributed by atoms with Crippen LogP contribution in [-0.4, -0.2) is 4.98 Å². The molecule has 2 aromatic rings. The Morgan fingerprint density at radius 2 is 1.94 bits per heavy atom. The van der Waals surface area contributed by atoms with Crippen molar-refractivity contribution in [3.05, 3.63) is 59.2 Å². The molecule has 0 saturated carbocycles. The summed E-state index contributed by atoms with van der Waals surface area (Å²) in [6.45, 7) is 2.09. The molecule has 0 aliphatic heterocycles. The van der Waals surface area contributed by atoms with E-state index in [-0.39, 0.29) is 12.2 Å². The first-order valence-electron chi connectivity index (χ1n) is 5.36. The second kappa shape index (κ2) is 5.08. The highest BCUT2D eigenvalue weighted by molar-refractivity contribution is 5.45. The highest BCUT2D eigenvalue weighted by Crippen LogP contribution is 2.19. The summed E-state index contributed by atoms with van der Waals surface area (Å²) >= 11 is 0. The van der Waals surface area contributed by atoms with Crippen LogP contribution in [0.5, 0.6) is 0 Å². The average Bonchev–Trinajstić information content (AvgIpc) is 2.34. The zero-order valence-electron chi connectivity index (χ0n) is 9.67. The lowest BCUT2D eigenvalue weighted by molar-refractivity contribution is 0.497. The summed E-state index contributed by atoms with van der Waals surface area (Å²) < 4.78 is 39.2. The molecular formula is C13H11F3N2. The van der Waals surface area contributed by atoms with Crippen LogP contribution in [0.25, 0.3) is 0 Å². The van der Waals surface area contributed by atoms with E-state index in [2.05, 4.69) is 10.3 Å². The van der Waals surface area contributed by atoms with Gasteiger partial charge in [0.25, 0.3) is 0 Å². The maximum atomic E-state index is 13.3. The number of nitrogens with zero attached hydrogens (tertiary/aromatic N) is 1. The van der Waals surface area contributed by atoms with Crippen molar-refractivity contribution in [2.45, 2.75) is 13.5 Å². The Kier molecular flexibility index (Phi) is 3.50. The first-order valence-corrected chi connectivity index (χ1v) is 5.36. The van der Waals surface area contributed by atoms with E-state index in [4.69, 9.17) is 0 Å². The second-order valence-electron chi connectivity index (χ2n) is 3.91. The van der Waals surface area contributed by atoms with Gasteiger partial charge in [0.1, 0.15) is 5.82 Å². The molecule has 1 aromatic carbocycles. The van der Waals surface area contributed by atoms with E-state index in [1.54, 1.807) is 12.3 Å². The quantitative estimate of drug-likeness (QED) is 0.847. The van der Waals surface area contributed by atoms with Gasteiger partial charge in [-0.25, -0.2) is 13.2 Å². The topological polar surface area (TPSA) is 24.9 Å². The molecule has 0 radical (unpaired) electrons. The maximum Gasteiger partial charge on any atom is 0.182 e. The van der Waals surface area contributed by atoms with Gasteiger partial charge in [-0.3, -0.25) is 4.98 Å². The molecule has 0 fully saturated rings. The summed E-state index contributed by atoms with van der Waals surface area (Å²) in [5, 5.41) is 2.64. The number of anilines is 1. The molecule has 0 aliphatic rings. The van der Waals surface area contributed by atoms with Gasteiger partial charge in [-0.1, -0.05) is 6.07 Å². The molecule has 2 rings (SSSR count). The van der Waals surface area contributed by atoms with Gasteiger partial charge < -0.3 is 5.32 Å². The zero-order valence-corrected chi connectivity index (χ0v) is 9.67. The fourth-order valence-corrected chi connectivity index (χ4v) is 1.48. The first kappa shape index (κ1) is 12.4. The van der Waals surface area contributed by atoms with E-state index >= 15 is 0 Å². The van der Waals surface area contributed by atoms with Crippen molar-refractivity contribution in [1.82, 2.24) is 4.98 Å². The van der Waals surface area contributed by atoms with E-state index in [1.165, 1.54) is 0 Å². The molecule has 18 heavy (non-hydrogen) atoms. The van der Waals surface area contributed by atoms with Gasteiger partial charge in [0.05, 0.1) is 5.69 Å². The number of benzene rings is 1. The van der Waals surface area contributed by atoms with Crippen LogP contribution in [0.1, 0.15) is 11.3 Å². The molecule has 1 heterocycles. The number of pyridine rings is 1. The van der Waals surface area contributed by atoms with E-state index in [1.807, 2.05) is 13.0 Å². The monoisotopic (exact) mass is 252 g/mol. The lowest BCUT2D eigenvalue weighted by Gasteiger charge is -2.08. The van der Waals surface area contributed by atoms with Crippen molar-refractivity contribution in [3.8, 4) is 0 Å². The number of aryl methyl sites for hydroxylation is 1. The standard InChI is InChI=1S/C13H11F3N2/c1-8-2-3-9(6-17-8)7-18-12-5-10(14)4-11(15)13(12)16/h2-6,18H,7H2,1H3. The number of halogens is 3. The molecule has 0 saturated heterocycles. The fourth-order valence-electron chi connectivity index (χ4n) is 1.48. The van der Waals surface area contributed by atoms with Crippen LogP contribution < -0.4 is 5.32 Å². The minimum Gasteiger partial charge on any atom is -0.378 e. The van der Waals surface area contributed by atoms with E-state index in [0.29, 0.717) is 6.07 Å². The summed E-state index contributed by atoms with van der Waals surface area (Å²) in [5.74, 6) is -3.12. The first-order chi connectivity index (χ1) is 8.56. The molecule has 0 atom stereocenters. The van der Waals surface area contributed by atoms with Gasteiger partial charge >= 0.3 is 0 Å². The van der Waals surface area contributed by atoms with Gasteiger partial charge in [-0.2, -0.15) is 0 Å². The smallest absolute Gasteiger partial charge is 0.182 e. The molecule has 1 aromatic heterocycles. The Morgan fingerprint density at radius 1 is 1.17 bits per heavy atom. The molecule has 0 bridgehead atoms. The number of nitrogens with one attached hydrogen (secondary N) is 1. The van der Waals surface area contributed by atoms with Crippen LogP contribution in [0.2, 0.25) is 0 Å². The maximum absolute atomic E-state index is 13.3. The number of aromatic nitrogens is 1. The molecule has 1 N–H and O–H groups in total. The van der Waals surface area contributed by atoms with E-state index in [0.717, 1.165) is 17.3 Å². The molecule has 5 heteroatoms. The molecular weight excluding hydrogens is 241 g/mol. The van der Waals surface area contributed by atoms with Crippen molar-refractivity contribution in [3.63, 3.8) is 0 Å². The summed E-state index contributed by atoms with van der Waals surface area (Å²) in [4.78, 5) is 4.07. The van der Waals surface area contributed by atoms with Gasteiger partial charge in [-0.05, 0) is 18.6 Å². The lowest BCUT2D eigenvalue weighted by atomic mass is 10.2. The van der Waals surface area contributed by atoms with Crippen molar-refractivity contribution < 1.29 is 13.2 Å². The molecule has 94 valence electrons. The third-order valence-electron chi connectivity index (χ3n) is 2.45. The highest BCUT2D eigenvalue weighted by atomic mass is 19.2. The van der Waals surface area contributed by atoms with E-state index in [9.17, 15) is 13.2 Å². The molecule has 0 amide bonds. The Hall–Kier alpha value is -2.04. The van der Waals surface area contributed by atoms with Crippen LogP contribution in [0.4, 0.5) is 18.9 Å². The van der Waals surface area contributed by atoms with E-state index < -0.39 is 17.5 Å². The summed E-state index contributed by atoms with van der Waals surface area (Å²) in [6, 6.07) is 5.04. The van der Waals surface area contributed by atoms with Crippen LogP contribution in [0.3, 0.4) is 0 Å². The predicted molar refractivity (Wildman–Crippen MR) is 62.6 cm³/mol. The van der Waals surface area contributed by atoms with Crippen molar-refractivity contribution in [2.24, 2.45) is 0 Å². The van der Waals surface area contributed by atoms with Crippen LogP contribution in [-0.2, 0) is 6.54 Å². The van der Waals surface area contributed by atoms with Crippen LogP contribution in [0.15, 0.2) is 30.5 Å². The van der Waals surface area contributed by atoms with Crippen molar-refractivity contribution >= 4 is 5.69 Å². The van der Waals surface area contributed by atoms with Gasteiger partial charge in [0, 0.05) is 30.6 Å². The summed E-state index contributed by atoms with van der Waals surface area (Å²) in [6.07, 6.45) is 1.62. The molecule has 0 unspecified atom stereocenters. The zero-order chi connectivity index (χ0) is 13.1. The summed E-state index contributed by atoms with van der Waals surface area (Å²) in [5.41, 5.74) is 1.46. The Labute approximate surface area is 102 Å². The van der Waals surface area contributed by atoms with Gasteiger partial charge in [-0.15, -0.1) is 0 Å². The lowest BCUT2D eigenvalue weighted by Crippen LogP contribution is -2.04. The highest BCUT2D eigenvalue weighted by Gasteiger charge is 2.10. The molecule has 0 spiro atoms. The third kappa shape index (κ3) is 2.80. The van der Waals surface area contributed by atoms with Crippen molar-refractivity contribution in [1.29, 1.82) is 0 Å². The second-order valence-corrected chi connectivity index (χ2v) is 3.91. The molecule has 2 nitrogen and oxygen atoms in total.